The highest BCUT2D eigenvalue weighted by Gasteiger charge is 2.10. The molecule has 1 aromatic heterocycles. The fourth-order valence-corrected chi connectivity index (χ4v) is 2.46. The van der Waals surface area contributed by atoms with E-state index >= 15 is 0 Å². The van der Waals surface area contributed by atoms with Crippen LogP contribution in [0.2, 0.25) is 0 Å². The molecular weight excluding hydrogens is 306 g/mol. The van der Waals surface area contributed by atoms with E-state index in [0.717, 1.165) is 0 Å². The summed E-state index contributed by atoms with van der Waals surface area (Å²) in [5, 5.41) is 11.5. The van der Waals surface area contributed by atoms with Gasteiger partial charge in [0.2, 0.25) is 11.7 Å². The summed E-state index contributed by atoms with van der Waals surface area (Å²) in [5.41, 5.74) is 0.613. The van der Waals surface area contributed by atoms with Gasteiger partial charge in [-0.15, -0.1) is 11.8 Å². The third kappa shape index (κ3) is 4.29. The van der Waals surface area contributed by atoms with Crippen molar-refractivity contribution in [1.82, 2.24) is 0 Å². The number of para-hydroxylation sites is 2. The minimum Gasteiger partial charge on any atom is -0.495 e. The average molecular weight is 321 g/mol. The maximum atomic E-state index is 11.9. The second-order valence-electron chi connectivity index (χ2n) is 4.31. The molecule has 1 amide bonds. The Morgan fingerprint density at radius 1 is 1.27 bits per heavy atom. The number of furan rings is 1. The van der Waals surface area contributed by atoms with E-state index in [1.807, 2.05) is 12.1 Å². The molecule has 6 nitrogen and oxygen atoms in total. The smallest absolute Gasteiger partial charge is 0.371 e. The number of rotatable bonds is 7. The van der Waals surface area contributed by atoms with Gasteiger partial charge in [-0.05, 0) is 24.3 Å². The van der Waals surface area contributed by atoms with Gasteiger partial charge in [0.1, 0.15) is 11.5 Å². The molecule has 7 heteroatoms. The van der Waals surface area contributed by atoms with Crippen LogP contribution >= 0.6 is 11.8 Å². The number of benzene rings is 1. The molecule has 0 unspecified atom stereocenters. The molecule has 0 spiro atoms. The van der Waals surface area contributed by atoms with Crippen LogP contribution in [0.5, 0.6) is 5.75 Å². The Morgan fingerprint density at radius 2 is 2.05 bits per heavy atom. The lowest BCUT2D eigenvalue weighted by Gasteiger charge is -2.09. The lowest BCUT2D eigenvalue weighted by molar-refractivity contribution is -0.113. The van der Waals surface area contributed by atoms with Crippen LogP contribution in [-0.2, 0) is 10.5 Å². The Labute approximate surface area is 131 Å². The van der Waals surface area contributed by atoms with Crippen molar-refractivity contribution in [2.45, 2.75) is 5.75 Å². The molecule has 2 aromatic rings. The number of thioether (sulfide) groups is 1. The largest absolute Gasteiger partial charge is 0.495 e. The first-order valence-corrected chi connectivity index (χ1v) is 7.58. The van der Waals surface area contributed by atoms with Crippen LogP contribution in [0.15, 0.2) is 40.8 Å². The lowest BCUT2D eigenvalue weighted by Crippen LogP contribution is -2.14. The standard InChI is InChI=1S/C15H15NO5S/c1-20-12-5-3-2-4-11(12)16-14(17)9-22-8-10-6-7-13(21-10)15(18)19/h2-7H,8-9H2,1H3,(H,16,17)(H,18,19). The molecule has 0 radical (unpaired) electrons. The molecule has 0 saturated carbocycles. The van der Waals surface area contributed by atoms with Crippen molar-refractivity contribution < 1.29 is 23.8 Å². The van der Waals surface area contributed by atoms with Crippen LogP contribution < -0.4 is 10.1 Å². The minimum absolute atomic E-state index is 0.103. The highest BCUT2D eigenvalue weighted by atomic mass is 32.2. The van der Waals surface area contributed by atoms with Crippen LogP contribution in [0, 0.1) is 0 Å². The van der Waals surface area contributed by atoms with E-state index in [2.05, 4.69) is 5.32 Å². The van der Waals surface area contributed by atoms with E-state index in [1.54, 1.807) is 18.2 Å². The molecule has 0 aliphatic carbocycles. The molecule has 0 aliphatic heterocycles. The maximum absolute atomic E-state index is 11.9. The van der Waals surface area contributed by atoms with E-state index in [9.17, 15) is 9.59 Å². The van der Waals surface area contributed by atoms with Crippen molar-refractivity contribution in [3.8, 4) is 5.75 Å². The molecule has 0 fully saturated rings. The van der Waals surface area contributed by atoms with Crippen LogP contribution in [0.25, 0.3) is 0 Å². The SMILES string of the molecule is COc1ccccc1NC(=O)CSCc1ccc(C(=O)O)o1. The number of hydrogen-bond donors (Lipinski definition) is 2. The van der Waals surface area contributed by atoms with E-state index in [-0.39, 0.29) is 17.4 Å². The quantitative estimate of drug-likeness (QED) is 0.815. The molecule has 0 bridgehead atoms. The number of carbonyl (C=O) groups excluding carboxylic acids is 1. The highest BCUT2D eigenvalue weighted by molar-refractivity contribution is 7.99. The van der Waals surface area contributed by atoms with Crippen molar-refractivity contribution in [2.75, 3.05) is 18.2 Å². The van der Waals surface area contributed by atoms with Crippen molar-refractivity contribution in [3.05, 3.63) is 47.9 Å². The Kier molecular flexibility index (Phi) is 5.48. The molecule has 116 valence electrons. The van der Waals surface area contributed by atoms with Gasteiger partial charge >= 0.3 is 5.97 Å². The van der Waals surface area contributed by atoms with Gasteiger partial charge in [0.15, 0.2) is 0 Å². The summed E-state index contributed by atoms with van der Waals surface area (Å²) in [6.07, 6.45) is 0. The zero-order valence-corrected chi connectivity index (χ0v) is 12.7. The third-order valence-corrected chi connectivity index (χ3v) is 3.69. The maximum Gasteiger partial charge on any atom is 0.371 e. The van der Waals surface area contributed by atoms with E-state index in [4.69, 9.17) is 14.3 Å². The zero-order chi connectivity index (χ0) is 15.9. The Morgan fingerprint density at radius 3 is 2.73 bits per heavy atom. The number of ether oxygens (including phenoxy) is 1. The van der Waals surface area contributed by atoms with Crippen molar-refractivity contribution >= 4 is 29.3 Å². The molecule has 0 saturated heterocycles. The number of methoxy groups -OCH3 is 1. The van der Waals surface area contributed by atoms with Gasteiger partial charge in [-0.1, -0.05) is 12.1 Å². The molecular formula is C15H15NO5S. The van der Waals surface area contributed by atoms with Gasteiger partial charge < -0.3 is 19.6 Å². The first kappa shape index (κ1) is 16.0. The zero-order valence-electron chi connectivity index (χ0n) is 11.9. The summed E-state index contributed by atoms with van der Waals surface area (Å²) >= 11 is 1.33. The summed E-state index contributed by atoms with van der Waals surface area (Å²) < 4.78 is 10.3. The van der Waals surface area contributed by atoms with Gasteiger partial charge in [-0.25, -0.2) is 4.79 Å². The first-order chi connectivity index (χ1) is 10.6. The molecule has 22 heavy (non-hydrogen) atoms. The minimum atomic E-state index is -1.11. The van der Waals surface area contributed by atoms with E-state index in [0.29, 0.717) is 22.9 Å². The monoisotopic (exact) mass is 321 g/mol. The van der Waals surface area contributed by atoms with Crippen LogP contribution in [0.3, 0.4) is 0 Å². The fourth-order valence-electron chi connectivity index (χ4n) is 1.75. The van der Waals surface area contributed by atoms with Gasteiger partial charge in [0.05, 0.1) is 24.3 Å². The normalized spacial score (nSPS) is 10.2. The molecule has 0 atom stereocenters. The number of carboxylic acids is 1. The summed E-state index contributed by atoms with van der Waals surface area (Å²) in [6.45, 7) is 0. The summed E-state index contributed by atoms with van der Waals surface area (Å²) in [7, 11) is 1.54. The second kappa shape index (κ2) is 7.56. The van der Waals surface area contributed by atoms with E-state index < -0.39 is 5.97 Å². The number of carboxylic acid groups (broad SMARTS) is 1. The summed E-state index contributed by atoms with van der Waals surface area (Å²) in [5.74, 6) is 0.387. The van der Waals surface area contributed by atoms with Crippen LogP contribution in [-0.4, -0.2) is 29.8 Å². The summed E-state index contributed by atoms with van der Waals surface area (Å²) in [6, 6.07) is 10.1. The van der Waals surface area contributed by atoms with Crippen LogP contribution in [0.1, 0.15) is 16.3 Å². The van der Waals surface area contributed by atoms with Gasteiger partial charge in [0, 0.05) is 0 Å². The van der Waals surface area contributed by atoms with Crippen molar-refractivity contribution in [1.29, 1.82) is 0 Å². The number of aromatic carboxylic acids is 1. The van der Waals surface area contributed by atoms with Crippen molar-refractivity contribution in [3.63, 3.8) is 0 Å². The Balaban J connectivity index is 1.81. The average Bonchev–Trinajstić information content (AvgIpc) is 2.97. The van der Waals surface area contributed by atoms with E-state index in [1.165, 1.54) is 24.9 Å². The predicted octanol–water partition coefficient (Wildman–Crippen LogP) is 2.86. The number of hydrogen-bond acceptors (Lipinski definition) is 5. The number of anilines is 1. The molecule has 2 rings (SSSR count). The van der Waals surface area contributed by atoms with Crippen molar-refractivity contribution in [2.24, 2.45) is 0 Å². The van der Waals surface area contributed by atoms with Gasteiger partial charge in [-0.3, -0.25) is 4.79 Å². The van der Waals surface area contributed by atoms with Gasteiger partial charge in [-0.2, -0.15) is 0 Å². The number of carbonyl (C=O) groups is 2. The number of amides is 1. The summed E-state index contributed by atoms with van der Waals surface area (Å²) in [4.78, 5) is 22.6. The lowest BCUT2D eigenvalue weighted by atomic mass is 10.3. The molecule has 2 N–H and O–H groups in total. The van der Waals surface area contributed by atoms with Crippen LogP contribution in [0.4, 0.5) is 5.69 Å². The Bertz CT molecular complexity index is 667. The Hall–Kier alpha value is -2.41. The topological polar surface area (TPSA) is 88.8 Å². The van der Waals surface area contributed by atoms with Gasteiger partial charge in [0.25, 0.3) is 0 Å². The highest BCUT2D eigenvalue weighted by Crippen LogP contribution is 2.23. The molecule has 1 aromatic carbocycles. The molecule has 0 aliphatic rings. The fraction of sp³-hybridized carbons (Fsp3) is 0.200. The molecule has 1 heterocycles. The second-order valence-corrected chi connectivity index (χ2v) is 5.30. The predicted molar refractivity (Wildman–Crippen MR) is 83.5 cm³/mol. The number of nitrogens with one attached hydrogen (secondary N) is 1. The first-order valence-electron chi connectivity index (χ1n) is 6.42. The third-order valence-electron chi connectivity index (χ3n) is 2.73.